The maximum Gasteiger partial charge on any atom is 0.141 e. The largest absolute Gasteiger partial charge is 0.495 e. The molecule has 2 aromatic carbocycles. The summed E-state index contributed by atoms with van der Waals surface area (Å²) in [6, 6.07) is 18.2. The number of ether oxygens (including phenoxy) is 1. The molecule has 2 aliphatic rings. The Balaban J connectivity index is 1.14. The number of para-hydroxylation sites is 3. The Labute approximate surface area is 166 Å². The molecule has 0 bridgehead atoms. The SMILES string of the molecule is COc1ccccc1NC1CN([C@H]2CC[C@H](c3c[nH]c4ccccc43)CC2)C1. The molecular weight excluding hydrogens is 346 g/mol. The quantitative estimate of drug-likeness (QED) is 0.659. The monoisotopic (exact) mass is 375 g/mol. The molecule has 0 unspecified atom stereocenters. The Bertz CT molecular complexity index is 936. The maximum absolute atomic E-state index is 5.46. The summed E-state index contributed by atoms with van der Waals surface area (Å²) in [5.74, 6) is 1.64. The summed E-state index contributed by atoms with van der Waals surface area (Å²) >= 11 is 0. The minimum atomic E-state index is 0.530. The van der Waals surface area contributed by atoms with Gasteiger partial charge in [-0.1, -0.05) is 30.3 Å². The molecule has 1 aliphatic heterocycles. The molecule has 1 saturated carbocycles. The number of hydrogen-bond acceptors (Lipinski definition) is 3. The molecule has 2 N–H and O–H groups in total. The normalized spacial score (nSPS) is 23.5. The van der Waals surface area contributed by atoms with Crippen LogP contribution in [0.3, 0.4) is 0 Å². The van der Waals surface area contributed by atoms with E-state index in [2.05, 4.69) is 57.8 Å². The van der Waals surface area contributed by atoms with Crippen molar-refractivity contribution in [1.82, 2.24) is 9.88 Å². The van der Waals surface area contributed by atoms with E-state index in [9.17, 15) is 0 Å². The van der Waals surface area contributed by atoms with E-state index in [4.69, 9.17) is 4.74 Å². The maximum atomic E-state index is 5.46. The van der Waals surface area contributed by atoms with Crippen molar-refractivity contribution in [3.05, 3.63) is 60.3 Å². The number of nitrogens with one attached hydrogen (secondary N) is 2. The third-order valence-corrected chi connectivity index (χ3v) is 6.65. The molecule has 4 nitrogen and oxygen atoms in total. The third-order valence-electron chi connectivity index (χ3n) is 6.65. The average molecular weight is 376 g/mol. The molecule has 1 saturated heterocycles. The van der Waals surface area contributed by atoms with Crippen LogP contribution in [0.4, 0.5) is 5.69 Å². The highest BCUT2D eigenvalue weighted by atomic mass is 16.5. The van der Waals surface area contributed by atoms with Crippen molar-refractivity contribution in [2.24, 2.45) is 0 Å². The standard InChI is InChI=1S/C24H29N3O/c1-28-24-9-5-4-8-23(24)26-18-15-27(16-18)19-12-10-17(11-13-19)21-14-25-22-7-3-2-6-20(21)22/h2-9,14,17-19,25-26H,10-13,15-16H2,1H3/t17-,19-. The van der Waals surface area contributed by atoms with Gasteiger partial charge >= 0.3 is 0 Å². The van der Waals surface area contributed by atoms with E-state index in [1.165, 1.54) is 42.1 Å². The van der Waals surface area contributed by atoms with Crippen molar-refractivity contribution >= 4 is 16.6 Å². The average Bonchev–Trinajstić information content (AvgIpc) is 3.15. The summed E-state index contributed by atoms with van der Waals surface area (Å²) in [6.07, 6.45) is 7.46. The number of likely N-dealkylation sites (tertiary alicyclic amines) is 1. The number of fused-ring (bicyclic) bond motifs is 1. The topological polar surface area (TPSA) is 40.3 Å². The summed E-state index contributed by atoms with van der Waals surface area (Å²) in [4.78, 5) is 6.12. The molecule has 28 heavy (non-hydrogen) atoms. The van der Waals surface area contributed by atoms with Crippen LogP contribution in [-0.4, -0.2) is 42.2 Å². The van der Waals surface area contributed by atoms with Gasteiger partial charge in [0.1, 0.15) is 5.75 Å². The van der Waals surface area contributed by atoms with Gasteiger partial charge in [0.05, 0.1) is 18.8 Å². The highest BCUT2D eigenvalue weighted by Crippen LogP contribution is 2.39. The van der Waals surface area contributed by atoms with E-state index >= 15 is 0 Å². The van der Waals surface area contributed by atoms with E-state index in [0.717, 1.165) is 30.6 Å². The molecule has 0 atom stereocenters. The molecule has 3 aromatic rings. The van der Waals surface area contributed by atoms with Crippen LogP contribution in [0.15, 0.2) is 54.7 Å². The van der Waals surface area contributed by atoms with Crippen LogP contribution < -0.4 is 10.1 Å². The molecular formula is C24H29N3O. The van der Waals surface area contributed by atoms with Crippen molar-refractivity contribution in [1.29, 1.82) is 0 Å². The number of aromatic nitrogens is 1. The predicted octanol–water partition coefficient (Wildman–Crippen LogP) is 5.00. The van der Waals surface area contributed by atoms with Gasteiger partial charge in [0.15, 0.2) is 0 Å². The zero-order valence-corrected chi connectivity index (χ0v) is 16.5. The van der Waals surface area contributed by atoms with E-state index < -0.39 is 0 Å². The van der Waals surface area contributed by atoms with Crippen molar-refractivity contribution < 1.29 is 4.74 Å². The number of benzene rings is 2. The number of nitrogens with zero attached hydrogens (tertiary/aromatic N) is 1. The Morgan fingerprint density at radius 1 is 0.964 bits per heavy atom. The number of anilines is 1. The van der Waals surface area contributed by atoms with E-state index in [1.54, 1.807) is 7.11 Å². The molecule has 1 aromatic heterocycles. The Morgan fingerprint density at radius 2 is 1.71 bits per heavy atom. The lowest BCUT2D eigenvalue weighted by Crippen LogP contribution is -2.59. The minimum absolute atomic E-state index is 0.530. The van der Waals surface area contributed by atoms with Crippen LogP contribution in [0.5, 0.6) is 5.75 Å². The molecule has 4 heteroatoms. The van der Waals surface area contributed by atoms with Gasteiger partial charge in [-0.25, -0.2) is 0 Å². The zero-order chi connectivity index (χ0) is 18.9. The van der Waals surface area contributed by atoms with Crippen LogP contribution in [0.2, 0.25) is 0 Å². The fourth-order valence-corrected chi connectivity index (χ4v) is 5.07. The minimum Gasteiger partial charge on any atom is -0.495 e. The molecule has 1 aliphatic carbocycles. The third kappa shape index (κ3) is 3.26. The summed E-state index contributed by atoms with van der Waals surface area (Å²) in [5.41, 5.74) is 3.90. The Kier molecular flexibility index (Phi) is 4.73. The molecule has 5 rings (SSSR count). The van der Waals surface area contributed by atoms with Crippen LogP contribution >= 0.6 is 0 Å². The van der Waals surface area contributed by atoms with Crippen molar-refractivity contribution in [2.75, 3.05) is 25.5 Å². The first-order chi connectivity index (χ1) is 13.8. The summed E-state index contributed by atoms with van der Waals surface area (Å²) < 4.78 is 5.46. The number of H-pyrrole nitrogens is 1. The van der Waals surface area contributed by atoms with Crippen molar-refractivity contribution in [2.45, 2.75) is 43.7 Å². The van der Waals surface area contributed by atoms with Crippen molar-refractivity contribution in [3.63, 3.8) is 0 Å². The molecule has 2 fully saturated rings. The first-order valence-corrected chi connectivity index (χ1v) is 10.5. The molecule has 2 heterocycles. The number of aromatic amines is 1. The first kappa shape index (κ1) is 17.6. The van der Waals surface area contributed by atoms with Crippen molar-refractivity contribution in [3.8, 4) is 5.75 Å². The molecule has 146 valence electrons. The number of hydrogen-bond donors (Lipinski definition) is 2. The second-order valence-electron chi connectivity index (χ2n) is 8.29. The summed E-state index contributed by atoms with van der Waals surface area (Å²) in [7, 11) is 1.74. The highest BCUT2D eigenvalue weighted by molar-refractivity contribution is 5.83. The van der Waals surface area contributed by atoms with Gasteiger partial charge in [0.25, 0.3) is 0 Å². The molecule has 0 spiro atoms. The lowest BCUT2D eigenvalue weighted by atomic mass is 9.80. The van der Waals surface area contributed by atoms with E-state index in [0.29, 0.717) is 12.0 Å². The van der Waals surface area contributed by atoms with Crippen LogP contribution in [0.1, 0.15) is 37.2 Å². The van der Waals surface area contributed by atoms with Gasteiger partial charge in [0, 0.05) is 36.2 Å². The molecule has 0 amide bonds. The van der Waals surface area contributed by atoms with Gasteiger partial charge in [-0.05, 0) is 55.4 Å². The van der Waals surface area contributed by atoms with Crippen LogP contribution in [0, 0.1) is 0 Å². The van der Waals surface area contributed by atoms with Gasteiger partial charge in [-0.15, -0.1) is 0 Å². The smallest absolute Gasteiger partial charge is 0.141 e. The zero-order valence-electron chi connectivity index (χ0n) is 16.5. The Hall–Kier alpha value is -2.46. The lowest BCUT2D eigenvalue weighted by molar-refractivity contribution is 0.0749. The molecule has 0 radical (unpaired) electrons. The Morgan fingerprint density at radius 3 is 2.54 bits per heavy atom. The van der Waals surface area contributed by atoms with E-state index in [1.807, 2.05) is 12.1 Å². The highest BCUT2D eigenvalue weighted by Gasteiger charge is 2.35. The number of methoxy groups -OCH3 is 1. The number of rotatable bonds is 5. The predicted molar refractivity (Wildman–Crippen MR) is 115 cm³/mol. The lowest BCUT2D eigenvalue weighted by Gasteiger charge is -2.47. The van der Waals surface area contributed by atoms with E-state index in [-0.39, 0.29) is 0 Å². The summed E-state index contributed by atoms with van der Waals surface area (Å²) in [5, 5.41) is 5.06. The van der Waals surface area contributed by atoms with Gasteiger partial charge in [-0.2, -0.15) is 0 Å². The van der Waals surface area contributed by atoms with Gasteiger partial charge in [0.2, 0.25) is 0 Å². The fourth-order valence-electron chi connectivity index (χ4n) is 5.07. The van der Waals surface area contributed by atoms with Gasteiger partial charge in [-0.3, -0.25) is 4.90 Å². The summed E-state index contributed by atoms with van der Waals surface area (Å²) in [6.45, 7) is 2.28. The fraction of sp³-hybridized carbons (Fsp3) is 0.417. The van der Waals surface area contributed by atoms with Gasteiger partial charge < -0.3 is 15.0 Å². The second kappa shape index (κ2) is 7.51. The first-order valence-electron chi connectivity index (χ1n) is 10.5. The van der Waals surface area contributed by atoms with Crippen LogP contribution in [0.25, 0.3) is 10.9 Å². The second-order valence-corrected chi connectivity index (χ2v) is 8.29. The van der Waals surface area contributed by atoms with Crippen LogP contribution in [-0.2, 0) is 0 Å².